The molecule has 0 amide bonds. The first-order valence-corrected chi connectivity index (χ1v) is 37.9. The summed E-state index contributed by atoms with van der Waals surface area (Å²) in [5.74, 6) is 0.709. The van der Waals surface area contributed by atoms with Crippen LogP contribution in [-0.4, -0.2) is 133 Å². The number of pyridine rings is 6. The van der Waals surface area contributed by atoms with Crippen molar-refractivity contribution in [3.05, 3.63) is 335 Å². The first-order valence-electron chi connectivity index (χ1n) is 35.2. The Hall–Kier alpha value is -13.3. The van der Waals surface area contributed by atoms with E-state index in [0.29, 0.717) is 38.9 Å². The molecule has 640 valence electrons. The Morgan fingerprint density at radius 3 is 1.27 bits per heavy atom. The van der Waals surface area contributed by atoms with E-state index in [9.17, 15) is 45.9 Å². The predicted molar refractivity (Wildman–Crippen MR) is 464 cm³/mol. The number of nitriles is 2. The molecule has 41 heteroatoms. The van der Waals surface area contributed by atoms with Crippen molar-refractivity contribution in [2.75, 3.05) is 29.4 Å². The molecule has 0 unspecified atom stereocenters. The molecule has 0 saturated carbocycles. The largest absolute Gasteiger partial charge is 1.00 e. The second-order valence-corrected chi connectivity index (χ2v) is 25.7. The minimum Gasteiger partial charge on any atom is -0.550 e. The Morgan fingerprint density at radius 1 is 0.536 bits per heavy atom. The smallest absolute Gasteiger partial charge is 0.550 e. The maximum Gasteiger partial charge on any atom is 1.00 e. The van der Waals surface area contributed by atoms with E-state index in [1.165, 1.54) is 111 Å². The van der Waals surface area contributed by atoms with Gasteiger partial charge >= 0.3 is 35.5 Å². The Balaban J connectivity index is 0.000000367. The van der Waals surface area contributed by atoms with Crippen LogP contribution in [0.3, 0.4) is 0 Å². The number of Topliss-reactive ketones (excluding diaryl/α,β-unsaturated/α-hetero) is 1. The maximum atomic E-state index is 12.9. The Labute approximate surface area is 764 Å². The monoisotopic (exact) mass is 1910 g/mol. The van der Waals surface area contributed by atoms with Crippen LogP contribution in [0.2, 0.25) is 0 Å². The summed E-state index contributed by atoms with van der Waals surface area (Å²) in [5.41, 5.74) is 14.5. The number of alkyl halides is 2. The van der Waals surface area contributed by atoms with E-state index in [4.69, 9.17) is 64.8 Å². The number of nitrogens with zero attached hydrogens (tertiary/aromatic N) is 17. The van der Waals surface area contributed by atoms with Crippen LogP contribution in [0.5, 0.6) is 0 Å². The quantitative estimate of drug-likeness (QED) is 0.00639. The SMILES string of the molecule is CC(=O)C#N.CC(=O)[O-].CCO.CCO.Cl.ClCCl.Fc1ccc(-n2ncc3cnccc32)cc1.Fc1ccc(N/N=C/c2cnccc2Br)cc1.N#Cc1nccc2c1cnn2-c1ccc(F)cc1.NNc1ccc(F)cc1.O=C(O)c1nccc2c1cnn2-c1ccc(F)cc1.O=Cc1cnccc1Br.O[n+]1ccc2c(cnn2-c2ccc(F)cc2)c1.[Na+]. The number of benzene rings is 6. The van der Waals surface area contributed by atoms with Gasteiger partial charge in [0.15, 0.2) is 17.7 Å². The third kappa shape index (κ3) is 36.0. The molecule has 0 saturated heterocycles. The number of fused-ring (bicyclic) bond motifs is 4. The Kier molecular flexibility index (Phi) is 49.1. The van der Waals surface area contributed by atoms with Crippen molar-refractivity contribution in [1.29, 1.82) is 10.5 Å². The van der Waals surface area contributed by atoms with Gasteiger partial charge in [-0.3, -0.25) is 41.0 Å². The van der Waals surface area contributed by atoms with Crippen molar-refractivity contribution in [2.24, 2.45) is 10.9 Å². The van der Waals surface area contributed by atoms with Gasteiger partial charge in [0.2, 0.25) is 18.2 Å². The van der Waals surface area contributed by atoms with Crippen LogP contribution >= 0.6 is 67.5 Å². The van der Waals surface area contributed by atoms with Gasteiger partial charge in [0.25, 0.3) is 0 Å². The molecular formula is C84H73Br2Cl3F6N20NaO9+. The zero-order valence-electron chi connectivity index (χ0n) is 66.4. The zero-order valence-corrected chi connectivity index (χ0v) is 73.9. The number of aliphatic hydroxyl groups is 2. The van der Waals surface area contributed by atoms with Gasteiger partial charge in [0.05, 0.1) is 103 Å². The van der Waals surface area contributed by atoms with Crippen molar-refractivity contribution in [2.45, 2.75) is 27.7 Å². The number of nitrogens with two attached hydrogens (primary N) is 1. The first-order chi connectivity index (χ1) is 59.2. The van der Waals surface area contributed by atoms with Crippen molar-refractivity contribution in [3.63, 3.8) is 0 Å². The number of nitrogens with one attached hydrogen (secondary N) is 2. The van der Waals surface area contributed by atoms with Crippen molar-refractivity contribution < 1.29 is 105 Å². The maximum absolute atomic E-state index is 12.9. The Morgan fingerprint density at radius 2 is 0.880 bits per heavy atom. The predicted octanol–water partition coefficient (Wildman–Crippen LogP) is 12.8. The number of carboxylic acid groups (broad SMARTS) is 2. The number of carbonyl (C=O) groups excluding carboxylic acids is 3. The molecule has 10 aromatic heterocycles. The molecule has 16 aromatic rings. The summed E-state index contributed by atoms with van der Waals surface area (Å²) >= 11 is 16.1. The van der Waals surface area contributed by atoms with Gasteiger partial charge in [-0.1, -0.05) is 15.9 Å². The van der Waals surface area contributed by atoms with Gasteiger partial charge in [-0.15, -0.1) is 35.6 Å². The number of carboxylic acids is 2. The second kappa shape index (κ2) is 57.9. The van der Waals surface area contributed by atoms with Crippen molar-refractivity contribution in [3.8, 4) is 34.9 Å². The van der Waals surface area contributed by atoms with Gasteiger partial charge in [0, 0.05) is 118 Å². The number of aromatic carboxylic acids is 1. The fraction of sp³-hybridized carbons (Fsp3) is 0.0833. The van der Waals surface area contributed by atoms with E-state index in [1.54, 1.807) is 198 Å². The molecule has 6 aromatic carbocycles. The van der Waals surface area contributed by atoms with E-state index in [1.807, 2.05) is 18.2 Å². The molecule has 0 bridgehead atoms. The number of rotatable bonds is 10. The minimum absolute atomic E-state index is 0. The summed E-state index contributed by atoms with van der Waals surface area (Å²) in [5, 5.41) is 82.8. The summed E-state index contributed by atoms with van der Waals surface area (Å²) in [6.07, 6.45) is 24.8. The fourth-order valence-corrected chi connectivity index (χ4v) is 10.0. The molecule has 0 atom stereocenters. The molecule has 0 radical (unpaired) electrons. The van der Waals surface area contributed by atoms with E-state index >= 15 is 0 Å². The number of carbonyl (C=O) groups is 4. The van der Waals surface area contributed by atoms with Crippen LogP contribution < -0.4 is 56.1 Å². The van der Waals surface area contributed by atoms with Gasteiger partial charge < -0.3 is 30.6 Å². The topological polar surface area (TPSA) is 422 Å². The van der Waals surface area contributed by atoms with E-state index < -0.39 is 17.7 Å². The summed E-state index contributed by atoms with van der Waals surface area (Å²) < 4.78 is 85.5. The van der Waals surface area contributed by atoms with Gasteiger partial charge in [-0.2, -0.15) is 36.0 Å². The molecule has 0 aliphatic heterocycles. The molecule has 8 N–H and O–H groups in total. The number of hydrogen-bond donors (Lipinski definition) is 7. The van der Waals surface area contributed by atoms with E-state index in [2.05, 4.69) is 93.1 Å². The average Bonchev–Trinajstić information content (AvgIpc) is 1.65. The molecule has 10 heterocycles. The summed E-state index contributed by atoms with van der Waals surface area (Å²) in [6.45, 7) is 6.06. The number of aliphatic carboxylic acids is 1. The van der Waals surface area contributed by atoms with Crippen LogP contribution in [0.15, 0.2) is 283 Å². The van der Waals surface area contributed by atoms with Gasteiger partial charge in [-0.25, -0.2) is 59.8 Å². The number of aromatic nitrogens is 14. The second-order valence-electron chi connectivity index (χ2n) is 23.2. The van der Waals surface area contributed by atoms with Gasteiger partial charge in [-0.05, 0) is 213 Å². The molecule has 0 spiro atoms. The van der Waals surface area contributed by atoms with Gasteiger partial charge in [0.1, 0.15) is 47.0 Å². The molecular weight excluding hydrogens is 1840 g/mol. The summed E-state index contributed by atoms with van der Waals surface area (Å²) in [6, 6.07) is 49.9. The Bertz CT molecular complexity index is 6100. The standard InChI is InChI=1S/C13H7FN4.C13H8FN3O2.C12H9BrFN3.C12H9FN3O.C12H8FN3.C6H4BrNO.C6H7FN2.C3H3NO.C2H4O2.2C2H6O.CH2Cl2.ClH.Na/c14-9-1-3-10(4-2-9)18-13-5-6-16-12(7-15)11(13)8-17-18;14-8-1-3-9(4-2-8)17-11-5-6-15-12(13(18)19)10(11)7-16-17;13-12-5-6-15-7-9(12)8-16-17-11-3-1-10(14)2-4-11;13-10-1-3-11(4-2-10)16-12-5-6-15(17)8-9(12)7-14-16;13-10-1-3-11(4-2-10)16-12-5-6-14-7-9(12)8-15-16;7-6-1-2-8-3-5(6)4-9;7-5-1-3-6(9-8)4-2-5;1-3(5)2-4;1-2(3)4;2*1-2-3;2-1-3;;/h1-6,8H;1-7H,(H,18,19);2*1-8,17H;1-8H;1-4H;1-4,9H,8H2;1H3;1H3,(H,3,4);2*3H,2H2,1H3;1H2;1H;/q;;;+1;;;;;;;;;;+1/p-1/b;;16-8+;;;;;;;;;;;. The number of anilines is 2. The van der Waals surface area contributed by atoms with Crippen LogP contribution in [0.1, 0.15) is 59.8 Å². The van der Waals surface area contributed by atoms with E-state index in [0.717, 1.165) is 82.5 Å². The molecule has 29 nitrogen and oxygen atoms in total. The first kappa shape index (κ1) is 106. The zero-order chi connectivity index (χ0) is 90.2. The number of aliphatic hydroxyl groups excluding tert-OH is 2. The van der Waals surface area contributed by atoms with Crippen LogP contribution in [0.4, 0.5) is 37.7 Å². The molecule has 16 rings (SSSR count). The van der Waals surface area contributed by atoms with Crippen molar-refractivity contribution >= 4 is 153 Å². The number of ketones is 1. The van der Waals surface area contributed by atoms with Crippen LogP contribution in [-0.2, 0) is 9.59 Å². The normalized spacial score (nSPS) is 9.62. The number of hydrogen-bond acceptors (Lipinski definition) is 23. The number of halogens is 11. The summed E-state index contributed by atoms with van der Waals surface area (Å²) in [7, 11) is 0. The summed E-state index contributed by atoms with van der Waals surface area (Å²) in [4.78, 5) is 59.1. The number of hydrazone groups is 1. The average molecular weight is 1910 g/mol. The number of aldehydes is 1. The third-order valence-electron chi connectivity index (χ3n) is 14.6. The third-order valence-corrected chi connectivity index (χ3v) is 16.0. The molecule has 0 aliphatic carbocycles. The van der Waals surface area contributed by atoms with E-state index in [-0.39, 0.29) is 101 Å². The fourth-order valence-electron chi connectivity index (χ4n) is 9.37. The number of nitrogen functional groups attached to an aromatic ring is 1. The molecule has 0 aliphatic rings. The molecule has 0 fully saturated rings. The number of hydrazine groups is 1. The van der Waals surface area contributed by atoms with Crippen molar-refractivity contribution in [1.82, 2.24) is 64.0 Å². The minimum atomic E-state index is -1.11. The molecule has 125 heavy (non-hydrogen) atoms. The van der Waals surface area contributed by atoms with Crippen LogP contribution in [0.25, 0.3) is 66.4 Å². The van der Waals surface area contributed by atoms with Crippen LogP contribution in [0, 0.1) is 57.6 Å².